The van der Waals surface area contributed by atoms with Crippen LogP contribution in [0.5, 0.6) is 5.75 Å². The Morgan fingerprint density at radius 1 is 1.06 bits per heavy atom. The van der Waals surface area contributed by atoms with Gasteiger partial charge in [0.25, 0.3) is 10.0 Å². The van der Waals surface area contributed by atoms with Gasteiger partial charge in [-0.1, -0.05) is 57.9 Å². The molecule has 9 heteroatoms. The van der Waals surface area contributed by atoms with E-state index in [-0.39, 0.29) is 10.0 Å². The van der Waals surface area contributed by atoms with E-state index in [0.29, 0.717) is 35.6 Å². The Hall–Kier alpha value is -2.94. The molecule has 1 aromatic heterocycles. The van der Waals surface area contributed by atoms with Crippen LogP contribution >= 0.6 is 27.5 Å². The van der Waals surface area contributed by atoms with E-state index in [2.05, 4.69) is 26.0 Å². The van der Waals surface area contributed by atoms with Crippen molar-refractivity contribution in [2.24, 2.45) is 5.10 Å². The van der Waals surface area contributed by atoms with Gasteiger partial charge in [-0.3, -0.25) is 0 Å². The van der Waals surface area contributed by atoms with E-state index in [1.165, 1.54) is 4.41 Å². The monoisotopic (exact) mass is 569 g/mol. The number of sulfonamides is 1. The molecule has 1 aliphatic heterocycles. The van der Waals surface area contributed by atoms with Crippen LogP contribution < -0.4 is 4.74 Å². The van der Waals surface area contributed by atoms with Gasteiger partial charge in [0.2, 0.25) is 0 Å². The maximum absolute atomic E-state index is 13.7. The van der Waals surface area contributed by atoms with Gasteiger partial charge in [-0.2, -0.15) is 17.9 Å². The molecule has 0 unspecified atom stereocenters. The number of pyridine rings is 1. The van der Waals surface area contributed by atoms with Crippen molar-refractivity contribution < 1.29 is 13.2 Å². The fraction of sp³-hybridized carbons (Fsp3) is 0.154. The van der Waals surface area contributed by atoms with Gasteiger partial charge >= 0.3 is 0 Å². The van der Waals surface area contributed by atoms with E-state index >= 15 is 0 Å². The van der Waals surface area contributed by atoms with Crippen molar-refractivity contribution in [1.82, 2.24) is 9.40 Å². The van der Waals surface area contributed by atoms with Crippen molar-refractivity contribution >= 4 is 54.2 Å². The number of rotatable bonds is 6. The summed E-state index contributed by atoms with van der Waals surface area (Å²) in [5.74, 6) is 0.700. The molecule has 4 aromatic rings. The SMILES string of the molecule is CCOc1ccc2cc([C@@H]3CC(c4ccc(Br)cc4)=NN3S(=O)(=O)c3ccccc3)c(Cl)nc2c1. The van der Waals surface area contributed by atoms with E-state index in [4.69, 9.17) is 16.3 Å². The molecule has 1 aliphatic rings. The number of fused-ring (bicyclic) bond motifs is 1. The zero-order chi connectivity index (χ0) is 24.6. The molecule has 6 nitrogen and oxygen atoms in total. The van der Waals surface area contributed by atoms with Crippen molar-refractivity contribution in [3.8, 4) is 5.75 Å². The van der Waals surface area contributed by atoms with Gasteiger partial charge < -0.3 is 4.74 Å². The fourth-order valence-electron chi connectivity index (χ4n) is 4.09. The Morgan fingerprint density at radius 2 is 1.80 bits per heavy atom. The van der Waals surface area contributed by atoms with E-state index in [9.17, 15) is 8.42 Å². The highest BCUT2D eigenvalue weighted by atomic mass is 79.9. The van der Waals surface area contributed by atoms with Crippen LogP contribution in [-0.4, -0.2) is 30.1 Å². The molecule has 3 aromatic carbocycles. The smallest absolute Gasteiger partial charge is 0.279 e. The first-order valence-electron chi connectivity index (χ1n) is 11.0. The third-order valence-corrected chi connectivity index (χ3v) is 8.31. The Bertz CT molecular complexity index is 1530. The van der Waals surface area contributed by atoms with Crippen LogP contribution in [0.4, 0.5) is 0 Å². The standard InChI is InChI=1S/C26H21BrClN3O3S/c1-2-34-20-13-10-18-14-22(26(28)29-23(18)15-20)25-16-24(17-8-11-19(27)12-9-17)30-31(25)35(32,33)21-6-4-3-5-7-21/h3-15,25H,2,16H2,1H3/t25-/m0/s1. The Morgan fingerprint density at radius 3 is 2.51 bits per heavy atom. The second kappa shape index (κ2) is 9.60. The number of nitrogens with zero attached hydrogens (tertiary/aromatic N) is 3. The molecule has 5 rings (SSSR count). The number of hydrazone groups is 1. The fourth-order valence-corrected chi connectivity index (χ4v) is 6.07. The second-order valence-corrected chi connectivity index (χ2v) is 11.1. The summed E-state index contributed by atoms with van der Waals surface area (Å²) in [6, 6.07) is 22.7. The van der Waals surface area contributed by atoms with Gasteiger partial charge in [0.05, 0.1) is 28.8 Å². The molecule has 0 saturated heterocycles. The Balaban J connectivity index is 1.62. The highest BCUT2D eigenvalue weighted by Crippen LogP contribution is 2.40. The molecule has 0 amide bonds. The molecular weight excluding hydrogens is 550 g/mol. The van der Waals surface area contributed by atoms with E-state index in [0.717, 1.165) is 15.4 Å². The van der Waals surface area contributed by atoms with Crippen LogP contribution in [0.25, 0.3) is 10.9 Å². The summed E-state index contributed by atoms with van der Waals surface area (Å²) in [6.45, 7) is 2.46. The van der Waals surface area contributed by atoms with Gasteiger partial charge in [-0.15, -0.1) is 0 Å². The molecule has 0 radical (unpaired) electrons. The highest BCUT2D eigenvalue weighted by Gasteiger charge is 2.39. The van der Waals surface area contributed by atoms with Gasteiger partial charge in [-0.05, 0) is 55.0 Å². The van der Waals surface area contributed by atoms with E-state index < -0.39 is 16.1 Å². The van der Waals surface area contributed by atoms with E-state index in [1.807, 2.05) is 55.5 Å². The topological polar surface area (TPSA) is 71.9 Å². The Labute approximate surface area is 217 Å². The first-order chi connectivity index (χ1) is 16.9. The lowest BCUT2D eigenvalue weighted by Crippen LogP contribution is -2.27. The summed E-state index contributed by atoms with van der Waals surface area (Å²) in [5, 5.41) is 5.66. The second-order valence-electron chi connectivity index (χ2n) is 8.02. The summed E-state index contributed by atoms with van der Waals surface area (Å²) in [7, 11) is -3.94. The first-order valence-corrected chi connectivity index (χ1v) is 13.6. The van der Waals surface area contributed by atoms with Crippen LogP contribution in [-0.2, 0) is 10.0 Å². The molecule has 178 valence electrons. The predicted octanol–water partition coefficient (Wildman–Crippen LogP) is 6.59. The summed E-state index contributed by atoms with van der Waals surface area (Å²) in [5.41, 5.74) is 2.77. The molecular formula is C26H21BrClN3O3S. The van der Waals surface area contributed by atoms with Crippen molar-refractivity contribution in [1.29, 1.82) is 0 Å². The summed E-state index contributed by atoms with van der Waals surface area (Å²) in [4.78, 5) is 4.73. The maximum atomic E-state index is 13.7. The van der Waals surface area contributed by atoms with Crippen molar-refractivity contribution in [3.05, 3.63) is 99.6 Å². The molecule has 2 heterocycles. The van der Waals surface area contributed by atoms with Gasteiger partial charge in [0.1, 0.15) is 10.9 Å². The normalized spacial score (nSPS) is 15.9. The van der Waals surface area contributed by atoms with E-state index in [1.54, 1.807) is 30.3 Å². The number of aromatic nitrogens is 1. The third kappa shape index (κ3) is 4.66. The summed E-state index contributed by atoms with van der Waals surface area (Å²) < 4.78 is 35.0. The summed E-state index contributed by atoms with van der Waals surface area (Å²) >= 11 is 10.1. The van der Waals surface area contributed by atoms with Crippen molar-refractivity contribution in [2.75, 3.05) is 6.61 Å². The molecule has 0 N–H and O–H groups in total. The highest BCUT2D eigenvalue weighted by molar-refractivity contribution is 9.10. The van der Waals surface area contributed by atoms with Crippen LogP contribution in [0, 0.1) is 0 Å². The quantitative estimate of drug-likeness (QED) is 0.245. The predicted molar refractivity (Wildman–Crippen MR) is 141 cm³/mol. The zero-order valence-corrected chi connectivity index (χ0v) is 21.9. The average molecular weight is 571 g/mol. The van der Waals surface area contributed by atoms with Crippen molar-refractivity contribution in [3.63, 3.8) is 0 Å². The lowest BCUT2D eigenvalue weighted by Gasteiger charge is -2.24. The van der Waals surface area contributed by atoms with Crippen LogP contribution in [0.3, 0.4) is 0 Å². The largest absolute Gasteiger partial charge is 0.494 e. The van der Waals surface area contributed by atoms with Gasteiger partial charge in [0, 0.05) is 27.9 Å². The Kier molecular flexibility index (Phi) is 6.53. The average Bonchev–Trinajstić information content (AvgIpc) is 3.31. The lowest BCUT2D eigenvalue weighted by molar-refractivity contribution is 0.340. The minimum atomic E-state index is -3.94. The maximum Gasteiger partial charge on any atom is 0.279 e. The minimum absolute atomic E-state index is 0.164. The molecule has 0 bridgehead atoms. The van der Waals surface area contributed by atoms with Gasteiger partial charge in [-0.25, -0.2) is 4.98 Å². The number of ether oxygens (including phenoxy) is 1. The number of hydrogen-bond acceptors (Lipinski definition) is 5. The lowest BCUT2D eigenvalue weighted by atomic mass is 9.99. The van der Waals surface area contributed by atoms with Crippen LogP contribution in [0.1, 0.15) is 30.5 Å². The minimum Gasteiger partial charge on any atom is -0.494 e. The molecule has 0 spiro atoms. The zero-order valence-electron chi connectivity index (χ0n) is 18.7. The summed E-state index contributed by atoms with van der Waals surface area (Å²) in [6.07, 6.45) is 0.359. The molecule has 0 saturated carbocycles. The van der Waals surface area contributed by atoms with Gasteiger partial charge in [0.15, 0.2) is 0 Å². The van der Waals surface area contributed by atoms with Crippen LogP contribution in [0.2, 0.25) is 5.15 Å². The molecule has 0 fully saturated rings. The first kappa shape index (κ1) is 23.8. The molecule has 0 aliphatic carbocycles. The number of hydrogen-bond donors (Lipinski definition) is 0. The van der Waals surface area contributed by atoms with Crippen LogP contribution in [0.15, 0.2) is 93.3 Å². The number of benzene rings is 3. The molecule has 1 atom stereocenters. The van der Waals surface area contributed by atoms with Crippen molar-refractivity contribution in [2.45, 2.75) is 24.3 Å². The number of halogens is 2. The third-order valence-electron chi connectivity index (χ3n) is 5.78. The molecule has 35 heavy (non-hydrogen) atoms.